The first-order valence-electron chi connectivity index (χ1n) is 8.48. The molecule has 2 aromatic heterocycles. The van der Waals surface area contributed by atoms with E-state index in [1.807, 2.05) is 58.0 Å². The normalized spacial score (nSPS) is 17.3. The molecule has 4 rings (SSSR count). The molecule has 1 saturated heterocycles. The van der Waals surface area contributed by atoms with Crippen LogP contribution >= 0.6 is 0 Å². The number of hydrogen-bond acceptors (Lipinski definition) is 4. The van der Waals surface area contributed by atoms with Crippen molar-refractivity contribution in [2.45, 2.75) is 18.9 Å². The molecule has 0 saturated carbocycles. The highest BCUT2D eigenvalue weighted by Crippen LogP contribution is 2.24. The third-order valence-electron chi connectivity index (χ3n) is 4.68. The lowest BCUT2D eigenvalue weighted by atomic mass is 10.1. The smallest absolute Gasteiger partial charge is 0.254 e. The molecule has 1 aromatic carbocycles. The highest BCUT2D eigenvalue weighted by atomic mass is 16.5. The molecule has 3 heterocycles. The predicted octanol–water partition coefficient (Wildman–Crippen LogP) is 2.65. The molecule has 6 heteroatoms. The minimum atomic E-state index is 0.0511. The van der Waals surface area contributed by atoms with E-state index in [1.54, 1.807) is 7.11 Å². The number of carbonyl (C=O) groups is 1. The topological polar surface area (TPSA) is 59.7 Å². The number of methoxy groups -OCH3 is 1. The number of amides is 1. The average molecular weight is 336 g/mol. The van der Waals surface area contributed by atoms with Crippen molar-refractivity contribution < 1.29 is 9.53 Å². The number of nitrogens with zero attached hydrogens (tertiary/aromatic N) is 4. The second-order valence-electron chi connectivity index (χ2n) is 6.28. The summed E-state index contributed by atoms with van der Waals surface area (Å²) in [6.45, 7) is 1.37. The lowest BCUT2D eigenvalue weighted by Gasteiger charge is -2.24. The third kappa shape index (κ3) is 2.89. The molecule has 0 unspecified atom stereocenters. The molecule has 0 radical (unpaired) electrons. The quantitative estimate of drug-likeness (QED) is 0.735. The van der Waals surface area contributed by atoms with Crippen molar-refractivity contribution in [3.63, 3.8) is 0 Å². The van der Waals surface area contributed by atoms with Crippen molar-refractivity contribution in [2.75, 3.05) is 20.3 Å². The van der Waals surface area contributed by atoms with Gasteiger partial charge in [-0.05, 0) is 37.1 Å². The Morgan fingerprint density at radius 2 is 2.16 bits per heavy atom. The SMILES string of the molecule is COC[C@@H]1CCCN1C(=O)c1cccc(-c2nnc3ccccn23)c1. The lowest BCUT2D eigenvalue weighted by molar-refractivity contribution is 0.0630. The predicted molar refractivity (Wildman–Crippen MR) is 94.4 cm³/mol. The van der Waals surface area contributed by atoms with Crippen LogP contribution in [0.25, 0.3) is 17.0 Å². The Hall–Kier alpha value is -2.73. The van der Waals surface area contributed by atoms with Gasteiger partial charge in [-0.1, -0.05) is 18.2 Å². The van der Waals surface area contributed by atoms with E-state index < -0.39 is 0 Å². The number of ether oxygens (including phenoxy) is 1. The van der Waals surface area contributed by atoms with E-state index in [0.717, 1.165) is 36.4 Å². The number of carbonyl (C=O) groups excluding carboxylic acids is 1. The number of likely N-dealkylation sites (tertiary alicyclic amines) is 1. The van der Waals surface area contributed by atoms with E-state index in [2.05, 4.69) is 10.2 Å². The van der Waals surface area contributed by atoms with E-state index in [9.17, 15) is 4.79 Å². The van der Waals surface area contributed by atoms with Crippen LogP contribution in [0, 0.1) is 0 Å². The molecule has 3 aromatic rings. The summed E-state index contributed by atoms with van der Waals surface area (Å²) in [5.74, 6) is 0.787. The first-order chi connectivity index (χ1) is 12.3. The fourth-order valence-electron chi connectivity index (χ4n) is 3.46. The minimum Gasteiger partial charge on any atom is -0.383 e. The number of fused-ring (bicyclic) bond motifs is 1. The number of benzene rings is 1. The van der Waals surface area contributed by atoms with Crippen LogP contribution in [0.5, 0.6) is 0 Å². The Kier molecular flexibility index (Phi) is 4.19. The highest BCUT2D eigenvalue weighted by Gasteiger charge is 2.29. The van der Waals surface area contributed by atoms with E-state index >= 15 is 0 Å². The Balaban J connectivity index is 1.66. The Morgan fingerprint density at radius 3 is 3.04 bits per heavy atom. The van der Waals surface area contributed by atoms with E-state index in [1.165, 1.54) is 0 Å². The summed E-state index contributed by atoms with van der Waals surface area (Å²) in [5.41, 5.74) is 2.34. The number of pyridine rings is 1. The fourth-order valence-corrected chi connectivity index (χ4v) is 3.46. The van der Waals surface area contributed by atoms with Crippen LogP contribution in [0.4, 0.5) is 0 Å². The summed E-state index contributed by atoms with van der Waals surface area (Å²) in [4.78, 5) is 14.9. The van der Waals surface area contributed by atoms with Gasteiger partial charge in [0, 0.05) is 31.0 Å². The summed E-state index contributed by atoms with van der Waals surface area (Å²) < 4.78 is 7.18. The number of aromatic nitrogens is 3. The zero-order chi connectivity index (χ0) is 17.2. The fraction of sp³-hybridized carbons (Fsp3) is 0.316. The molecule has 1 aliphatic rings. The van der Waals surface area contributed by atoms with E-state index in [4.69, 9.17) is 4.74 Å². The summed E-state index contributed by atoms with van der Waals surface area (Å²) in [6.07, 6.45) is 3.94. The van der Waals surface area contributed by atoms with Gasteiger partial charge in [-0.25, -0.2) is 0 Å². The molecule has 1 amide bonds. The number of hydrogen-bond donors (Lipinski definition) is 0. The van der Waals surface area contributed by atoms with Crippen LogP contribution < -0.4 is 0 Å². The standard InChI is InChI=1S/C19H20N4O2/c1-25-13-16-8-5-11-22(16)19(24)15-7-4-6-14(12-15)18-21-20-17-9-2-3-10-23(17)18/h2-4,6-7,9-10,12,16H,5,8,11,13H2,1H3/t16-/m0/s1. The monoisotopic (exact) mass is 336 g/mol. The van der Waals surface area contributed by atoms with Crippen LogP contribution in [0.1, 0.15) is 23.2 Å². The molecule has 1 fully saturated rings. The van der Waals surface area contributed by atoms with Crippen LogP contribution in [0.15, 0.2) is 48.7 Å². The third-order valence-corrected chi connectivity index (χ3v) is 4.68. The van der Waals surface area contributed by atoms with Gasteiger partial charge >= 0.3 is 0 Å². The highest BCUT2D eigenvalue weighted by molar-refractivity contribution is 5.95. The zero-order valence-corrected chi connectivity index (χ0v) is 14.1. The van der Waals surface area contributed by atoms with Crippen molar-refractivity contribution in [1.82, 2.24) is 19.5 Å². The van der Waals surface area contributed by atoms with Gasteiger partial charge in [0.2, 0.25) is 0 Å². The zero-order valence-electron chi connectivity index (χ0n) is 14.1. The molecular weight excluding hydrogens is 316 g/mol. The molecule has 0 aliphatic carbocycles. The molecule has 1 atom stereocenters. The van der Waals surface area contributed by atoms with Crippen LogP contribution in [-0.4, -0.2) is 51.7 Å². The molecule has 128 valence electrons. The van der Waals surface area contributed by atoms with Crippen LogP contribution in [0.2, 0.25) is 0 Å². The van der Waals surface area contributed by atoms with Crippen LogP contribution in [-0.2, 0) is 4.74 Å². The van der Waals surface area contributed by atoms with Crippen molar-refractivity contribution >= 4 is 11.6 Å². The van der Waals surface area contributed by atoms with Gasteiger partial charge in [0.1, 0.15) is 0 Å². The average Bonchev–Trinajstić information content (AvgIpc) is 3.28. The summed E-state index contributed by atoms with van der Waals surface area (Å²) in [5, 5.41) is 8.46. The van der Waals surface area contributed by atoms with Gasteiger partial charge in [-0.15, -0.1) is 10.2 Å². The Bertz CT molecular complexity index is 905. The van der Waals surface area contributed by atoms with Gasteiger partial charge in [0.25, 0.3) is 5.91 Å². The van der Waals surface area contributed by atoms with Gasteiger partial charge < -0.3 is 9.64 Å². The molecule has 25 heavy (non-hydrogen) atoms. The van der Waals surface area contributed by atoms with Crippen LogP contribution in [0.3, 0.4) is 0 Å². The van der Waals surface area contributed by atoms with Crippen molar-refractivity contribution in [3.8, 4) is 11.4 Å². The summed E-state index contributed by atoms with van der Waals surface area (Å²) in [6, 6.07) is 13.5. The summed E-state index contributed by atoms with van der Waals surface area (Å²) >= 11 is 0. The maximum absolute atomic E-state index is 12.9. The van der Waals surface area contributed by atoms with Crippen molar-refractivity contribution in [2.24, 2.45) is 0 Å². The van der Waals surface area contributed by atoms with Gasteiger partial charge in [-0.2, -0.15) is 0 Å². The molecular formula is C19H20N4O2. The van der Waals surface area contributed by atoms with Gasteiger partial charge in [0.05, 0.1) is 12.6 Å². The second-order valence-corrected chi connectivity index (χ2v) is 6.28. The van der Waals surface area contributed by atoms with Gasteiger partial charge in [-0.3, -0.25) is 9.20 Å². The second kappa shape index (κ2) is 6.64. The first kappa shape index (κ1) is 15.8. The molecule has 0 bridgehead atoms. The van der Waals surface area contributed by atoms with Crippen molar-refractivity contribution in [3.05, 3.63) is 54.2 Å². The molecule has 0 spiro atoms. The van der Waals surface area contributed by atoms with E-state index in [-0.39, 0.29) is 11.9 Å². The maximum Gasteiger partial charge on any atom is 0.254 e. The first-order valence-corrected chi connectivity index (χ1v) is 8.48. The lowest BCUT2D eigenvalue weighted by Crippen LogP contribution is -2.38. The van der Waals surface area contributed by atoms with E-state index in [0.29, 0.717) is 12.2 Å². The molecule has 0 N–H and O–H groups in total. The number of rotatable bonds is 4. The molecule has 1 aliphatic heterocycles. The maximum atomic E-state index is 12.9. The largest absolute Gasteiger partial charge is 0.383 e. The Morgan fingerprint density at radius 1 is 1.24 bits per heavy atom. The van der Waals surface area contributed by atoms with Crippen molar-refractivity contribution in [1.29, 1.82) is 0 Å². The minimum absolute atomic E-state index is 0.0511. The summed E-state index contributed by atoms with van der Waals surface area (Å²) in [7, 11) is 1.68. The molecule has 6 nitrogen and oxygen atoms in total. The Labute approximate surface area is 146 Å². The van der Waals surface area contributed by atoms with Gasteiger partial charge in [0.15, 0.2) is 11.5 Å².